The molecule has 1 aromatic carbocycles. The number of benzene rings is 1. The van der Waals surface area contributed by atoms with Crippen molar-refractivity contribution in [2.75, 3.05) is 44.7 Å². The van der Waals surface area contributed by atoms with Gasteiger partial charge in [0.15, 0.2) is 0 Å². The first-order chi connectivity index (χ1) is 9.94. The van der Waals surface area contributed by atoms with Crippen molar-refractivity contribution in [3.8, 4) is 0 Å². The van der Waals surface area contributed by atoms with Crippen molar-refractivity contribution in [1.82, 2.24) is 10.2 Å². The molecule has 0 aromatic heterocycles. The summed E-state index contributed by atoms with van der Waals surface area (Å²) < 4.78 is 12.9. The number of carbonyl (C=O) groups excluding carboxylic acids is 1. The van der Waals surface area contributed by atoms with Gasteiger partial charge in [0.1, 0.15) is 11.4 Å². The summed E-state index contributed by atoms with van der Waals surface area (Å²) in [5.74, 6) is -0.561. The van der Waals surface area contributed by atoms with E-state index in [0.29, 0.717) is 6.54 Å². The molecular weight excluding hydrogens is 271 g/mol. The molecule has 0 saturated carbocycles. The number of rotatable bonds is 5. The number of nitrogens with zero attached hydrogens (tertiary/aromatic N) is 2. The van der Waals surface area contributed by atoms with E-state index in [9.17, 15) is 9.18 Å². The standard InChI is InChI=1S/C15H23FN4O/c1-15(18-2,14(17)21)11-19-7-9-20(10-8-19)13-5-3-12(16)4-6-13/h3-6,18H,7-11H2,1-2H3,(H2,17,21). The maximum Gasteiger partial charge on any atom is 0.238 e. The lowest BCUT2D eigenvalue weighted by Crippen LogP contribution is -2.60. The minimum absolute atomic E-state index is 0.219. The highest BCUT2D eigenvalue weighted by Crippen LogP contribution is 2.17. The molecule has 0 aliphatic carbocycles. The minimum atomic E-state index is -0.710. The lowest BCUT2D eigenvalue weighted by Gasteiger charge is -2.39. The summed E-state index contributed by atoms with van der Waals surface area (Å²) in [6.07, 6.45) is 0. The van der Waals surface area contributed by atoms with Gasteiger partial charge >= 0.3 is 0 Å². The van der Waals surface area contributed by atoms with Crippen molar-refractivity contribution >= 4 is 11.6 Å². The van der Waals surface area contributed by atoms with Gasteiger partial charge in [0.2, 0.25) is 5.91 Å². The molecule has 1 aliphatic heterocycles. The third kappa shape index (κ3) is 3.71. The molecule has 5 nitrogen and oxygen atoms in total. The molecule has 0 radical (unpaired) electrons. The number of halogens is 1. The smallest absolute Gasteiger partial charge is 0.238 e. The van der Waals surface area contributed by atoms with E-state index >= 15 is 0 Å². The van der Waals surface area contributed by atoms with E-state index in [2.05, 4.69) is 15.1 Å². The minimum Gasteiger partial charge on any atom is -0.369 e. The first-order valence-corrected chi connectivity index (χ1v) is 7.16. The van der Waals surface area contributed by atoms with Crippen LogP contribution in [0.4, 0.5) is 10.1 Å². The van der Waals surface area contributed by atoms with Gasteiger partial charge in [0, 0.05) is 38.4 Å². The van der Waals surface area contributed by atoms with Crippen molar-refractivity contribution < 1.29 is 9.18 Å². The van der Waals surface area contributed by atoms with E-state index in [1.54, 1.807) is 19.2 Å². The number of likely N-dealkylation sites (N-methyl/N-ethyl adjacent to an activating group) is 1. The average Bonchev–Trinajstić information content (AvgIpc) is 2.48. The van der Waals surface area contributed by atoms with Crippen LogP contribution >= 0.6 is 0 Å². The van der Waals surface area contributed by atoms with Crippen LogP contribution in [-0.2, 0) is 4.79 Å². The van der Waals surface area contributed by atoms with Crippen LogP contribution in [-0.4, -0.2) is 56.1 Å². The van der Waals surface area contributed by atoms with Gasteiger partial charge in [0.25, 0.3) is 0 Å². The highest BCUT2D eigenvalue weighted by atomic mass is 19.1. The first-order valence-electron chi connectivity index (χ1n) is 7.16. The summed E-state index contributed by atoms with van der Waals surface area (Å²) in [6, 6.07) is 6.55. The normalized spacial score (nSPS) is 19.3. The van der Waals surface area contributed by atoms with Gasteiger partial charge in [-0.3, -0.25) is 9.69 Å². The fraction of sp³-hybridized carbons (Fsp3) is 0.533. The lowest BCUT2D eigenvalue weighted by atomic mass is 10.0. The molecular formula is C15H23FN4O. The largest absolute Gasteiger partial charge is 0.369 e. The van der Waals surface area contributed by atoms with Crippen LogP contribution in [0.15, 0.2) is 24.3 Å². The molecule has 1 heterocycles. The van der Waals surface area contributed by atoms with E-state index in [-0.39, 0.29) is 11.7 Å². The van der Waals surface area contributed by atoms with E-state index < -0.39 is 5.54 Å². The fourth-order valence-corrected chi connectivity index (χ4v) is 2.54. The van der Waals surface area contributed by atoms with Crippen molar-refractivity contribution in [3.05, 3.63) is 30.1 Å². The van der Waals surface area contributed by atoms with Crippen LogP contribution < -0.4 is 16.0 Å². The molecule has 1 atom stereocenters. The number of hydrogen-bond donors (Lipinski definition) is 2. The summed E-state index contributed by atoms with van der Waals surface area (Å²) in [7, 11) is 1.75. The number of anilines is 1. The van der Waals surface area contributed by atoms with Crippen LogP contribution in [0, 0.1) is 5.82 Å². The number of carbonyl (C=O) groups is 1. The van der Waals surface area contributed by atoms with Crippen molar-refractivity contribution in [3.63, 3.8) is 0 Å². The number of primary amides is 1. The molecule has 0 spiro atoms. The third-order valence-corrected chi connectivity index (χ3v) is 4.20. The Bertz CT molecular complexity index is 485. The molecule has 6 heteroatoms. The van der Waals surface area contributed by atoms with Gasteiger partial charge < -0.3 is 16.0 Å². The highest BCUT2D eigenvalue weighted by molar-refractivity contribution is 5.84. The Morgan fingerprint density at radius 3 is 2.33 bits per heavy atom. The maximum atomic E-state index is 12.9. The zero-order valence-electron chi connectivity index (χ0n) is 12.6. The number of nitrogens with two attached hydrogens (primary N) is 1. The van der Waals surface area contributed by atoms with E-state index in [1.807, 2.05) is 6.92 Å². The third-order valence-electron chi connectivity index (χ3n) is 4.20. The molecule has 1 unspecified atom stereocenters. The summed E-state index contributed by atoms with van der Waals surface area (Å²) in [4.78, 5) is 16.0. The van der Waals surface area contributed by atoms with Crippen molar-refractivity contribution in [2.45, 2.75) is 12.5 Å². The number of nitrogens with one attached hydrogen (secondary N) is 1. The average molecular weight is 294 g/mol. The molecule has 0 bridgehead atoms. The molecule has 1 fully saturated rings. The first kappa shape index (κ1) is 15.7. The predicted octanol–water partition coefficient (Wildman–Crippen LogP) is 0.411. The molecule has 1 saturated heterocycles. The lowest BCUT2D eigenvalue weighted by molar-refractivity contribution is -0.124. The predicted molar refractivity (Wildman–Crippen MR) is 81.7 cm³/mol. The van der Waals surface area contributed by atoms with Crippen LogP contribution in [0.3, 0.4) is 0 Å². The van der Waals surface area contributed by atoms with E-state index in [4.69, 9.17) is 5.73 Å². The zero-order chi connectivity index (χ0) is 15.5. The van der Waals surface area contributed by atoms with Crippen molar-refractivity contribution in [1.29, 1.82) is 0 Å². The number of hydrogen-bond acceptors (Lipinski definition) is 4. The molecule has 2 rings (SSSR count). The second-order valence-corrected chi connectivity index (χ2v) is 5.69. The van der Waals surface area contributed by atoms with Crippen LogP contribution in [0.2, 0.25) is 0 Å². The van der Waals surface area contributed by atoms with Crippen LogP contribution in [0.25, 0.3) is 0 Å². The Kier molecular flexibility index (Phi) is 4.80. The van der Waals surface area contributed by atoms with E-state index in [0.717, 1.165) is 31.9 Å². The van der Waals surface area contributed by atoms with Crippen LogP contribution in [0.5, 0.6) is 0 Å². The van der Waals surface area contributed by atoms with Crippen LogP contribution in [0.1, 0.15) is 6.92 Å². The Labute approximate surface area is 124 Å². The molecule has 116 valence electrons. The maximum absolute atomic E-state index is 12.9. The summed E-state index contributed by atoms with van der Waals surface area (Å²) >= 11 is 0. The Balaban J connectivity index is 1.91. The highest BCUT2D eigenvalue weighted by Gasteiger charge is 2.32. The topological polar surface area (TPSA) is 61.6 Å². The quantitative estimate of drug-likeness (QED) is 0.826. The Morgan fingerprint density at radius 1 is 1.29 bits per heavy atom. The molecule has 1 amide bonds. The summed E-state index contributed by atoms with van der Waals surface area (Å²) in [5, 5.41) is 3.00. The van der Waals surface area contributed by atoms with E-state index in [1.165, 1.54) is 12.1 Å². The fourth-order valence-electron chi connectivity index (χ4n) is 2.54. The number of piperazine rings is 1. The molecule has 1 aromatic rings. The summed E-state index contributed by atoms with van der Waals surface area (Å²) in [6.45, 7) is 5.82. The SMILES string of the molecule is CNC(C)(CN1CCN(c2ccc(F)cc2)CC1)C(N)=O. The zero-order valence-corrected chi connectivity index (χ0v) is 12.6. The second-order valence-electron chi connectivity index (χ2n) is 5.69. The van der Waals surface area contributed by atoms with Gasteiger partial charge in [0.05, 0.1) is 0 Å². The monoisotopic (exact) mass is 294 g/mol. The van der Waals surface area contributed by atoms with Gasteiger partial charge in [-0.25, -0.2) is 4.39 Å². The van der Waals surface area contributed by atoms with Gasteiger partial charge in [-0.15, -0.1) is 0 Å². The molecule has 21 heavy (non-hydrogen) atoms. The van der Waals surface area contributed by atoms with Gasteiger partial charge in [-0.2, -0.15) is 0 Å². The Morgan fingerprint density at radius 2 is 1.86 bits per heavy atom. The van der Waals surface area contributed by atoms with Crippen molar-refractivity contribution in [2.24, 2.45) is 5.73 Å². The second kappa shape index (κ2) is 6.41. The number of amides is 1. The summed E-state index contributed by atoms with van der Waals surface area (Å²) in [5.41, 5.74) is 5.78. The van der Waals surface area contributed by atoms with Gasteiger partial charge in [-0.05, 0) is 38.2 Å². The Hall–Kier alpha value is -1.66. The van der Waals surface area contributed by atoms with Gasteiger partial charge in [-0.1, -0.05) is 0 Å². The molecule has 1 aliphatic rings. The molecule has 3 N–H and O–H groups in total.